The van der Waals surface area contributed by atoms with E-state index < -0.39 is 0 Å². The molecule has 4 nitrogen and oxygen atoms in total. The molecule has 0 radical (unpaired) electrons. The Morgan fingerprint density at radius 2 is 1.93 bits per heavy atom. The molecular weight excluding hydrogens is 380 g/mol. The minimum atomic E-state index is -0.0860. The Bertz CT molecular complexity index is 1010. The van der Waals surface area contributed by atoms with Crippen molar-refractivity contribution in [3.8, 4) is 5.75 Å². The second-order valence-electron chi connectivity index (χ2n) is 7.38. The zero-order valence-corrected chi connectivity index (χ0v) is 17.2. The molecule has 1 N–H and O–H groups in total. The van der Waals surface area contributed by atoms with Gasteiger partial charge in [0.25, 0.3) is 0 Å². The fourth-order valence-corrected chi connectivity index (χ4v) is 3.96. The quantitative estimate of drug-likeness (QED) is 0.544. The molecule has 1 heterocycles. The summed E-state index contributed by atoms with van der Waals surface area (Å²) in [6.45, 7) is 3.06. The van der Waals surface area contributed by atoms with Crippen LogP contribution in [0.1, 0.15) is 34.7 Å². The summed E-state index contributed by atoms with van der Waals surface area (Å²) in [4.78, 5) is 16.8. The molecule has 1 amide bonds. The van der Waals surface area contributed by atoms with E-state index in [9.17, 15) is 4.79 Å². The first-order valence-corrected chi connectivity index (χ1v) is 10.7. The van der Waals surface area contributed by atoms with Crippen LogP contribution in [0.2, 0.25) is 0 Å². The molecule has 0 bridgehead atoms. The Hall–Kier alpha value is -2.92. The highest BCUT2D eigenvalue weighted by Crippen LogP contribution is 2.47. The van der Waals surface area contributed by atoms with Crippen LogP contribution in [0.5, 0.6) is 5.75 Å². The minimum absolute atomic E-state index is 0.0860. The van der Waals surface area contributed by atoms with Crippen LogP contribution in [0.4, 0.5) is 0 Å². The van der Waals surface area contributed by atoms with E-state index in [2.05, 4.69) is 34.6 Å². The molecule has 0 atom stereocenters. The van der Waals surface area contributed by atoms with Crippen molar-refractivity contribution < 1.29 is 9.53 Å². The topological polar surface area (TPSA) is 51.2 Å². The molecule has 1 saturated carbocycles. The van der Waals surface area contributed by atoms with Crippen LogP contribution in [0.3, 0.4) is 0 Å². The number of carbonyl (C=O) groups is 1. The van der Waals surface area contributed by atoms with Gasteiger partial charge in [0.15, 0.2) is 0 Å². The largest absolute Gasteiger partial charge is 0.487 e. The highest BCUT2D eigenvalue weighted by Gasteiger charge is 2.44. The molecule has 0 saturated heterocycles. The van der Waals surface area contributed by atoms with Crippen LogP contribution in [0, 0.1) is 6.92 Å². The van der Waals surface area contributed by atoms with Crippen molar-refractivity contribution in [1.29, 1.82) is 0 Å². The van der Waals surface area contributed by atoms with E-state index in [-0.39, 0.29) is 11.3 Å². The second kappa shape index (κ2) is 8.62. The Morgan fingerprint density at radius 3 is 2.66 bits per heavy atom. The SMILES string of the molecule is Cc1nc(COc2ccccc2/C=C/C(=O)NCC2(c3ccccc3)CC2)cs1. The van der Waals surface area contributed by atoms with E-state index >= 15 is 0 Å². The number of nitrogens with one attached hydrogen (secondary N) is 1. The van der Waals surface area contributed by atoms with Crippen LogP contribution < -0.4 is 10.1 Å². The highest BCUT2D eigenvalue weighted by atomic mass is 32.1. The van der Waals surface area contributed by atoms with E-state index in [1.54, 1.807) is 23.5 Å². The Morgan fingerprint density at radius 1 is 1.17 bits per heavy atom. The molecule has 5 heteroatoms. The number of hydrogen-bond acceptors (Lipinski definition) is 4. The van der Waals surface area contributed by atoms with E-state index in [1.165, 1.54) is 5.56 Å². The lowest BCUT2D eigenvalue weighted by atomic mass is 9.96. The zero-order valence-electron chi connectivity index (χ0n) is 16.4. The molecule has 1 aliphatic carbocycles. The summed E-state index contributed by atoms with van der Waals surface area (Å²) in [5.74, 6) is 0.655. The number of ether oxygens (including phenoxy) is 1. The summed E-state index contributed by atoms with van der Waals surface area (Å²) in [6.07, 6.45) is 5.62. The maximum atomic E-state index is 12.4. The maximum absolute atomic E-state index is 12.4. The maximum Gasteiger partial charge on any atom is 0.244 e. The first kappa shape index (κ1) is 19.4. The van der Waals surface area contributed by atoms with Gasteiger partial charge in [0.2, 0.25) is 5.91 Å². The molecule has 3 aromatic rings. The summed E-state index contributed by atoms with van der Waals surface area (Å²) in [5.41, 5.74) is 3.20. The summed E-state index contributed by atoms with van der Waals surface area (Å²) in [7, 11) is 0. The van der Waals surface area contributed by atoms with Crippen LogP contribution in [0.25, 0.3) is 6.08 Å². The van der Waals surface area contributed by atoms with Gasteiger partial charge in [0.1, 0.15) is 12.4 Å². The van der Waals surface area contributed by atoms with Crippen molar-refractivity contribution in [3.63, 3.8) is 0 Å². The van der Waals surface area contributed by atoms with Gasteiger partial charge in [0, 0.05) is 29.0 Å². The summed E-state index contributed by atoms with van der Waals surface area (Å²) in [5, 5.41) is 6.09. The Balaban J connectivity index is 1.34. The zero-order chi connectivity index (χ0) is 20.1. The lowest BCUT2D eigenvalue weighted by Gasteiger charge is -2.15. The van der Waals surface area contributed by atoms with Crippen molar-refractivity contribution in [2.75, 3.05) is 6.54 Å². The standard InChI is InChI=1S/C24H24N2O2S/c1-18-26-21(16-29-18)15-28-22-10-6-5-7-19(22)11-12-23(27)25-17-24(13-14-24)20-8-3-2-4-9-20/h2-12,16H,13-15,17H2,1H3,(H,25,27)/b12-11+. The first-order chi connectivity index (χ1) is 14.1. The number of para-hydroxylation sites is 1. The number of rotatable bonds is 8. The van der Waals surface area contributed by atoms with Gasteiger partial charge in [-0.05, 0) is 37.5 Å². The number of thiazole rings is 1. The third-order valence-corrected chi connectivity index (χ3v) is 6.04. The fourth-order valence-electron chi connectivity index (χ4n) is 3.37. The lowest BCUT2D eigenvalue weighted by Crippen LogP contribution is -2.30. The van der Waals surface area contributed by atoms with Gasteiger partial charge in [-0.25, -0.2) is 4.98 Å². The van der Waals surface area contributed by atoms with Gasteiger partial charge >= 0.3 is 0 Å². The molecule has 0 spiro atoms. The molecule has 1 aliphatic rings. The van der Waals surface area contributed by atoms with Gasteiger partial charge in [0.05, 0.1) is 10.7 Å². The molecule has 29 heavy (non-hydrogen) atoms. The number of carbonyl (C=O) groups excluding carboxylic acids is 1. The second-order valence-corrected chi connectivity index (χ2v) is 8.44. The van der Waals surface area contributed by atoms with Crippen LogP contribution >= 0.6 is 11.3 Å². The first-order valence-electron chi connectivity index (χ1n) is 9.79. The fraction of sp³-hybridized carbons (Fsp3) is 0.250. The molecular formula is C24H24N2O2S. The average molecular weight is 405 g/mol. The predicted octanol–water partition coefficient (Wildman–Crippen LogP) is 4.89. The molecule has 2 aromatic carbocycles. The van der Waals surface area contributed by atoms with Crippen molar-refractivity contribution in [2.24, 2.45) is 0 Å². The third kappa shape index (κ3) is 4.93. The number of aryl methyl sites for hydroxylation is 1. The highest BCUT2D eigenvalue weighted by molar-refractivity contribution is 7.09. The minimum Gasteiger partial charge on any atom is -0.487 e. The van der Waals surface area contributed by atoms with Crippen molar-refractivity contribution in [1.82, 2.24) is 10.3 Å². The Labute approximate surface area is 175 Å². The van der Waals surface area contributed by atoms with Crippen molar-refractivity contribution in [3.05, 3.63) is 87.9 Å². The van der Waals surface area contributed by atoms with E-state index in [0.717, 1.165) is 34.9 Å². The normalized spacial score (nSPS) is 14.7. The van der Waals surface area contributed by atoms with Gasteiger partial charge in [-0.1, -0.05) is 48.5 Å². The molecule has 1 aromatic heterocycles. The van der Waals surface area contributed by atoms with Crippen LogP contribution in [0.15, 0.2) is 66.1 Å². The number of nitrogens with zero attached hydrogens (tertiary/aromatic N) is 1. The summed E-state index contributed by atoms with van der Waals surface area (Å²) < 4.78 is 5.91. The monoisotopic (exact) mass is 404 g/mol. The van der Waals surface area contributed by atoms with Gasteiger partial charge in [-0.2, -0.15) is 0 Å². The van der Waals surface area contributed by atoms with Gasteiger partial charge < -0.3 is 10.1 Å². The van der Waals surface area contributed by atoms with Gasteiger partial charge in [-0.15, -0.1) is 11.3 Å². The molecule has 4 rings (SSSR count). The van der Waals surface area contributed by atoms with Crippen molar-refractivity contribution in [2.45, 2.75) is 31.8 Å². The van der Waals surface area contributed by atoms with Crippen molar-refractivity contribution >= 4 is 23.3 Å². The smallest absolute Gasteiger partial charge is 0.244 e. The Kier molecular flexibility index (Phi) is 5.76. The van der Waals surface area contributed by atoms with E-state index in [1.807, 2.05) is 42.6 Å². The molecule has 0 unspecified atom stereocenters. The van der Waals surface area contributed by atoms with Crippen LogP contribution in [-0.4, -0.2) is 17.4 Å². The van der Waals surface area contributed by atoms with E-state index in [0.29, 0.717) is 13.2 Å². The lowest BCUT2D eigenvalue weighted by molar-refractivity contribution is -0.116. The molecule has 0 aliphatic heterocycles. The number of amides is 1. The molecule has 1 fully saturated rings. The van der Waals surface area contributed by atoms with Gasteiger partial charge in [-0.3, -0.25) is 4.79 Å². The molecule has 148 valence electrons. The number of aromatic nitrogens is 1. The third-order valence-electron chi connectivity index (χ3n) is 5.22. The summed E-state index contributed by atoms with van der Waals surface area (Å²) >= 11 is 1.61. The number of hydrogen-bond donors (Lipinski definition) is 1. The predicted molar refractivity (Wildman–Crippen MR) is 117 cm³/mol. The van der Waals surface area contributed by atoms with E-state index in [4.69, 9.17) is 4.74 Å². The average Bonchev–Trinajstić information content (AvgIpc) is 3.44. The summed E-state index contributed by atoms with van der Waals surface area (Å²) in [6, 6.07) is 18.1. The van der Waals surface area contributed by atoms with Crippen LogP contribution in [-0.2, 0) is 16.8 Å². The number of benzene rings is 2.